The van der Waals surface area contributed by atoms with Gasteiger partial charge in [-0.3, -0.25) is 33.6 Å². The van der Waals surface area contributed by atoms with Crippen LogP contribution in [0.25, 0.3) is 20.7 Å². The molecule has 2 aliphatic heterocycles. The maximum Gasteiger partial charge on any atom is 0.303 e. The second kappa shape index (κ2) is 13.4. The summed E-state index contributed by atoms with van der Waals surface area (Å²) in [5.41, 5.74) is 3.31. The zero-order valence-corrected chi connectivity index (χ0v) is 33.0. The van der Waals surface area contributed by atoms with E-state index in [0.717, 1.165) is 31.7 Å². The molecule has 286 valence electrons. The van der Waals surface area contributed by atoms with Crippen molar-refractivity contribution in [3.63, 3.8) is 0 Å². The predicted molar refractivity (Wildman–Crippen MR) is 209 cm³/mol. The minimum absolute atomic E-state index is 0.0319. The van der Waals surface area contributed by atoms with Crippen LogP contribution in [-0.4, -0.2) is 61.0 Å². The number of fused-ring (bicyclic) bond motifs is 5. The monoisotopic (exact) mass is 782 g/mol. The number of thiophene rings is 1. The van der Waals surface area contributed by atoms with Crippen molar-refractivity contribution in [1.82, 2.24) is 14.7 Å². The van der Waals surface area contributed by atoms with Gasteiger partial charge in [0.25, 0.3) is 0 Å². The Kier molecular flexibility index (Phi) is 9.07. The normalized spacial score (nSPS) is 26.1. The van der Waals surface area contributed by atoms with E-state index in [2.05, 4.69) is 0 Å². The Morgan fingerprint density at radius 2 is 1.71 bits per heavy atom. The Hall–Kier alpha value is -4.81. The number of aliphatic carboxylic acids is 1. The van der Waals surface area contributed by atoms with E-state index in [-0.39, 0.29) is 48.8 Å². The summed E-state index contributed by atoms with van der Waals surface area (Å²) in [6.45, 7) is 7.68. The molecule has 55 heavy (non-hydrogen) atoms. The van der Waals surface area contributed by atoms with E-state index in [1.165, 1.54) is 9.80 Å². The molecule has 4 heterocycles. The van der Waals surface area contributed by atoms with Gasteiger partial charge in [0.05, 0.1) is 28.0 Å². The number of phenols is 1. The van der Waals surface area contributed by atoms with Gasteiger partial charge in [-0.2, -0.15) is 5.10 Å². The summed E-state index contributed by atoms with van der Waals surface area (Å²) in [4.78, 5) is 72.5. The summed E-state index contributed by atoms with van der Waals surface area (Å²) >= 11 is 7.88. The molecule has 2 saturated heterocycles. The van der Waals surface area contributed by atoms with Crippen LogP contribution in [0.5, 0.6) is 5.75 Å². The van der Waals surface area contributed by atoms with Crippen molar-refractivity contribution in [3.05, 3.63) is 75.3 Å². The highest BCUT2D eigenvalue weighted by Crippen LogP contribution is 2.64. The van der Waals surface area contributed by atoms with Crippen LogP contribution in [0.15, 0.2) is 48.0 Å². The number of halogens is 1. The molecule has 4 amide bonds. The van der Waals surface area contributed by atoms with Crippen LogP contribution in [0.1, 0.15) is 73.6 Å². The Bertz CT molecular complexity index is 2360. The molecule has 2 aromatic heterocycles. The third kappa shape index (κ3) is 5.65. The van der Waals surface area contributed by atoms with Crippen molar-refractivity contribution >= 4 is 68.4 Å². The molecule has 0 spiro atoms. The van der Waals surface area contributed by atoms with Gasteiger partial charge in [0.2, 0.25) is 23.6 Å². The number of carbonyl (C=O) groups excluding carboxylic acids is 4. The number of aryl methyl sites for hydroxylation is 4. The van der Waals surface area contributed by atoms with Crippen LogP contribution in [0.3, 0.4) is 0 Å². The van der Waals surface area contributed by atoms with E-state index in [4.69, 9.17) is 21.8 Å². The van der Waals surface area contributed by atoms with E-state index in [0.29, 0.717) is 53.3 Å². The first-order valence-electron chi connectivity index (χ1n) is 18.8. The van der Waals surface area contributed by atoms with E-state index < -0.39 is 41.0 Å². The van der Waals surface area contributed by atoms with Gasteiger partial charge in [0.15, 0.2) is 0 Å². The molecule has 8 rings (SSSR count). The molecule has 11 nitrogen and oxygen atoms in total. The number of hydrogen-bond donors (Lipinski definition) is 2. The Morgan fingerprint density at radius 3 is 2.42 bits per heavy atom. The SMILES string of the molecule is Cc1cc(C2C3=CCC4C(=O)N(CCCCCC(=O)O)C(=O)C4C3CC3C(=O)N(c4cc(-c5sc6ccc(Cl)cc6c5C)nn4C)C(=O)C32C)cc(C)c1O. The van der Waals surface area contributed by atoms with Crippen LogP contribution in [-0.2, 0) is 31.0 Å². The molecule has 1 saturated carbocycles. The maximum atomic E-state index is 15.1. The summed E-state index contributed by atoms with van der Waals surface area (Å²) in [5.74, 6) is -4.73. The number of imide groups is 2. The number of allylic oxidation sites excluding steroid dienone is 2. The number of anilines is 1. The number of nitrogens with zero attached hydrogens (tertiary/aromatic N) is 4. The van der Waals surface area contributed by atoms with Crippen LogP contribution < -0.4 is 4.90 Å². The number of phenolic OH excluding ortho intramolecular Hbond substituents is 1. The maximum absolute atomic E-state index is 15.1. The lowest BCUT2D eigenvalue weighted by Gasteiger charge is -2.49. The van der Waals surface area contributed by atoms with Crippen molar-refractivity contribution < 1.29 is 34.2 Å². The number of aromatic nitrogens is 2. The van der Waals surface area contributed by atoms with E-state index >= 15 is 4.79 Å². The first kappa shape index (κ1) is 37.1. The Balaban J connectivity index is 1.19. The highest BCUT2D eigenvalue weighted by molar-refractivity contribution is 7.22. The van der Waals surface area contributed by atoms with Gasteiger partial charge in [-0.1, -0.05) is 41.8 Å². The van der Waals surface area contributed by atoms with Crippen molar-refractivity contribution in [2.75, 3.05) is 11.4 Å². The molecule has 6 unspecified atom stereocenters. The topological polar surface area (TPSA) is 150 Å². The fourth-order valence-electron chi connectivity index (χ4n) is 9.99. The molecule has 13 heteroatoms. The zero-order chi connectivity index (χ0) is 39.2. The molecule has 4 aliphatic rings. The van der Waals surface area contributed by atoms with Gasteiger partial charge >= 0.3 is 5.97 Å². The first-order valence-corrected chi connectivity index (χ1v) is 20.0. The molecular weight excluding hydrogens is 740 g/mol. The number of amides is 4. The quantitative estimate of drug-likeness (QED) is 0.101. The van der Waals surface area contributed by atoms with Crippen LogP contribution in [0.4, 0.5) is 5.82 Å². The molecule has 3 fully saturated rings. The number of carboxylic acid groups (broad SMARTS) is 1. The second-order valence-electron chi connectivity index (χ2n) is 15.9. The summed E-state index contributed by atoms with van der Waals surface area (Å²) < 4.78 is 2.62. The minimum atomic E-state index is -1.24. The number of likely N-dealkylation sites (tertiary alicyclic amines) is 1. The smallest absolute Gasteiger partial charge is 0.303 e. The fourth-order valence-corrected chi connectivity index (χ4v) is 11.3. The van der Waals surface area contributed by atoms with Crippen molar-refractivity contribution in [2.24, 2.45) is 36.1 Å². The van der Waals surface area contributed by atoms with Gasteiger partial charge < -0.3 is 10.2 Å². The largest absolute Gasteiger partial charge is 0.507 e. The summed E-state index contributed by atoms with van der Waals surface area (Å²) in [6, 6.07) is 11.3. The van der Waals surface area contributed by atoms with Crippen molar-refractivity contribution in [1.29, 1.82) is 0 Å². The van der Waals surface area contributed by atoms with Crippen molar-refractivity contribution in [3.8, 4) is 16.3 Å². The van der Waals surface area contributed by atoms with E-state index in [1.54, 1.807) is 43.0 Å². The number of rotatable bonds is 9. The number of benzene rings is 2. The third-order valence-corrected chi connectivity index (χ3v) is 14.2. The molecular formula is C42H43ClN4O7S. The van der Waals surface area contributed by atoms with E-state index in [9.17, 15) is 24.3 Å². The highest BCUT2D eigenvalue weighted by atomic mass is 35.5. The standard InChI is InChI=1S/C42H43ClN4O7S/c1-20-15-23(16-21(2)36(20)50)35-25-11-12-26-34(40(53)46(38(26)51)14-8-6-7-9-33(48)49)28(25)18-29-39(52)47(41(54)42(29,35)4)32-19-30(44-45(32)5)37-22(3)27-17-24(43)10-13-31(27)55-37/h10-11,13,15-17,19,26,28-29,34-35,50H,6-9,12,14,18H2,1-5H3,(H,48,49). The van der Waals surface area contributed by atoms with Crippen molar-refractivity contribution in [2.45, 2.75) is 72.1 Å². The molecule has 2 N–H and O–H groups in total. The Morgan fingerprint density at radius 1 is 0.982 bits per heavy atom. The van der Waals surface area contributed by atoms with Gasteiger partial charge in [0, 0.05) is 41.7 Å². The zero-order valence-electron chi connectivity index (χ0n) is 31.4. The molecule has 2 aromatic carbocycles. The average Bonchev–Trinajstić information content (AvgIpc) is 3.80. The lowest BCUT2D eigenvalue weighted by atomic mass is 9.51. The fraction of sp³-hybridized carbons (Fsp3) is 0.429. The Labute approximate surface area is 327 Å². The van der Waals surface area contributed by atoms with Crippen LogP contribution in [0.2, 0.25) is 5.02 Å². The number of aromatic hydroxyl groups is 1. The molecule has 4 aromatic rings. The summed E-state index contributed by atoms with van der Waals surface area (Å²) in [6.07, 6.45) is 4.16. The van der Waals surface area contributed by atoms with Crippen LogP contribution in [0, 0.1) is 49.9 Å². The van der Waals surface area contributed by atoms with Gasteiger partial charge in [-0.15, -0.1) is 11.3 Å². The van der Waals surface area contributed by atoms with Crippen LogP contribution >= 0.6 is 22.9 Å². The summed E-state index contributed by atoms with van der Waals surface area (Å²) in [7, 11) is 1.72. The third-order valence-electron chi connectivity index (χ3n) is 12.7. The number of carbonyl (C=O) groups is 5. The lowest BCUT2D eigenvalue weighted by molar-refractivity contribution is -0.141. The first-order chi connectivity index (χ1) is 26.1. The average molecular weight is 783 g/mol. The van der Waals surface area contributed by atoms with Gasteiger partial charge in [0.1, 0.15) is 17.3 Å². The second-order valence-corrected chi connectivity index (χ2v) is 17.4. The lowest BCUT2D eigenvalue weighted by Crippen LogP contribution is -2.49. The molecule has 0 bridgehead atoms. The number of hydrogen-bond acceptors (Lipinski definition) is 8. The summed E-state index contributed by atoms with van der Waals surface area (Å²) in [5, 5.41) is 26.2. The predicted octanol–water partition coefficient (Wildman–Crippen LogP) is 7.46. The highest BCUT2D eigenvalue weighted by Gasteiger charge is 2.68. The molecule has 6 atom stereocenters. The minimum Gasteiger partial charge on any atom is -0.507 e. The van der Waals surface area contributed by atoms with Gasteiger partial charge in [-0.25, -0.2) is 4.90 Å². The van der Waals surface area contributed by atoms with Gasteiger partial charge in [-0.05, 0) is 105 Å². The molecule has 0 radical (unpaired) electrons. The number of carboxylic acids is 1. The number of unbranched alkanes of at least 4 members (excludes halogenated alkanes) is 2. The van der Waals surface area contributed by atoms with E-state index in [1.807, 2.05) is 50.3 Å². The molecule has 2 aliphatic carbocycles.